The van der Waals surface area contributed by atoms with Crippen molar-refractivity contribution in [3.05, 3.63) is 72.1 Å². The average Bonchev–Trinajstić information content (AvgIpc) is 3.35. The van der Waals surface area contributed by atoms with Crippen molar-refractivity contribution in [1.82, 2.24) is 19.2 Å². The third kappa shape index (κ3) is 2.43. The van der Waals surface area contributed by atoms with E-state index < -0.39 is 21.7 Å². The second kappa shape index (κ2) is 6.36. The SMILES string of the molecule is Cc1ccc(S(=O)(=O)N2N=N[C@H]3[C@H](c4ccccc4)n4ncnc4N(C)[C@]32C)cc1. The van der Waals surface area contributed by atoms with Gasteiger partial charge in [-0.3, -0.25) is 0 Å². The maximum Gasteiger partial charge on any atom is 0.282 e. The van der Waals surface area contributed by atoms with E-state index in [0.29, 0.717) is 5.95 Å². The molecule has 0 aliphatic carbocycles. The molecule has 0 saturated carbocycles. The number of nitrogens with zero attached hydrogens (tertiary/aromatic N) is 7. The highest BCUT2D eigenvalue weighted by Crippen LogP contribution is 2.48. The molecule has 3 heterocycles. The van der Waals surface area contributed by atoms with Gasteiger partial charge in [0, 0.05) is 7.05 Å². The van der Waals surface area contributed by atoms with Gasteiger partial charge >= 0.3 is 0 Å². The summed E-state index contributed by atoms with van der Waals surface area (Å²) >= 11 is 0. The minimum absolute atomic E-state index is 0.172. The molecule has 5 rings (SSSR count). The summed E-state index contributed by atoms with van der Waals surface area (Å²) in [6, 6.07) is 15.7. The molecule has 0 N–H and O–H groups in total. The number of aromatic nitrogens is 3. The van der Waals surface area contributed by atoms with Gasteiger partial charge in [-0.05, 0) is 31.5 Å². The van der Waals surface area contributed by atoms with Crippen LogP contribution in [0, 0.1) is 6.92 Å². The molecule has 30 heavy (non-hydrogen) atoms. The van der Waals surface area contributed by atoms with Crippen LogP contribution in [0.2, 0.25) is 0 Å². The fraction of sp³-hybridized carbons (Fsp3) is 0.300. The Morgan fingerprint density at radius 3 is 2.43 bits per heavy atom. The molecule has 0 radical (unpaired) electrons. The van der Waals surface area contributed by atoms with E-state index in [4.69, 9.17) is 0 Å². The molecule has 0 spiro atoms. The van der Waals surface area contributed by atoms with Gasteiger partial charge in [0.2, 0.25) is 5.95 Å². The summed E-state index contributed by atoms with van der Waals surface area (Å²) in [6.07, 6.45) is 1.47. The van der Waals surface area contributed by atoms with Gasteiger partial charge in [0.1, 0.15) is 18.4 Å². The Kier molecular flexibility index (Phi) is 3.97. The van der Waals surface area contributed by atoms with Gasteiger partial charge in [-0.15, -0.1) is 4.41 Å². The number of benzene rings is 2. The standard InChI is InChI=1S/C20H21N7O2S/c1-14-9-11-16(12-10-14)30(28,29)27-20(2)18(23-24-27)17(15-7-5-4-6-8-15)26-19(25(20)3)21-13-22-26/h4-13,17-18H,1-3H3/t17-,18-,20-/m0/s1. The first-order valence-electron chi connectivity index (χ1n) is 9.56. The molecule has 9 nitrogen and oxygen atoms in total. The molecule has 0 saturated heterocycles. The number of aryl methyl sites for hydroxylation is 1. The average molecular weight is 424 g/mol. The highest BCUT2D eigenvalue weighted by atomic mass is 32.2. The first kappa shape index (κ1) is 18.7. The van der Waals surface area contributed by atoms with Crippen LogP contribution in [0.5, 0.6) is 0 Å². The highest BCUT2D eigenvalue weighted by molar-refractivity contribution is 7.89. The largest absolute Gasteiger partial charge is 0.317 e. The molecule has 10 heteroatoms. The van der Waals surface area contributed by atoms with Crippen LogP contribution >= 0.6 is 0 Å². The predicted octanol–water partition coefficient (Wildman–Crippen LogP) is 2.78. The summed E-state index contributed by atoms with van der Waals surface area (Å²) in [6.45, 7) is 3.74. The number of hydrogen-bond acceptors (Lipinski definition) is 7. The van der Waals surface area contributed by atoms with E-state index in [2.05, 4.69) is 20.4 Å². The fourth-order valence-electron chi connectivity index (χ4n) is 4.20. The van der Waals surface area contributed by atoms with Crippen LogP contribution in [0.3, 0.4) is 0 Å². The lowest BCUT2D eigenvalue weighted by atomic mass is 9.88. The Morgan fingerprint density at radius 2 is 1.73 bits per heavy atom. The maximum absolute atomic E-state index is 13.5. The molecule has 2 aliphatic heterocycles. The van der Waals surface area contributed by atoms with Gasteiger partial charge in [0.25, 0.3) is 10.0 Å². The Morgan fingerprint density at radius 1 is 1.03 bits per heavy atom. The second-order valence-corrected chi connectivity index (χ2v) is 9.49. The van der Waals surface area contributed by atoms with E-state index in [9.17, 15) is 8.42 Å². The molecule has 0 unspecified atom stereocenters. The molecular weight excluding hydrogens is 402 g/mol. The quantitative estimate of drug-likeness (QED) is 0.645. The smallest absolute Gasteiger partial charge is 0.282 e. The summed E-state index contributed by atoms with van der Waals surface area (Å²) in [5.74, 6) is 0.555. The summed E-state index contributed by atoms with van der Waals surface area (Å²) in [5.41, 5.74) is 0.850. The first-order valence-corrected chi connectivity index (χ1v) is 11.0. The summed E-state index contributed by atoms with van der Waals surface area (Å²) < 4.78 is 30.0. The van der Waals surface area contributed by atoms with Crippen LogP contribution in [-0.4, -0.2) is 46.3 Å². The van der Waals surface area contributed by atoms with Crippen LogP contribution in [0.15, 0.2) is 76.2 Å². The molecule has 0 amide bonds. The molecule has 1 aromatic heterocycles. The molecule has 0 fully saturated rings. The third-order valence-electron chi connectivity index (χ3n) is 5.99. The van der Waals surface area contributed by atoms with Crippen molar-refractivity contribution in [3.8, 4) is 0 Å². The van der Waals surface area contributed by atoms with Crippen LogP contribution in [0.1, 0.15) is 24.1 Å². The number of fused-ring (bicyclic) bond motifs is 2. The zero-order valence-corrected chi connectivity index (χ0v) is 17.6. The van der Waals surface area contributed by atoms with Crippen LogP contribution in [0.25, 0.3) is 0 Å². The number of anilines is 1. The summed E-state index contributed by atoms with van der Waals surface area (Å²) in [5, 5.41) is 13.0. The Hall–Kier alpha value is -3.27. The summed E-state index contributed by atoms with van der Waals surface area (Å²) in [4.78, 5) is 6.35. The van der Waals surface area contributed by atoms with Crippen molar-refractivity contribution in [3.63, 3.8) is 0 Å². The second-order valence-electron chi connectivity index (χ2n) is 7.72. The van der Waals surface area contributed by atoms with Crippen molar-refractivity contribution in [2.45, 2.75) is 36.5 Å². The molecule has 154 valence electrons. The van der Waals surface area contributed by atoms with E-state index in [1.807, 2.05) is 44.2 Å². The third-order valence-corrected chi connectivity index (χ3v) is 7.75. The molecule has 3 aromatic rings. The topological polar surface area (TPSA) is 96.0 Å². The van der Waals surface area contributed by atoms with Gasteiger partial charge in [0.15, 0.2) is 5.66 Å². The molecule has 2 aliphatic rings. The molecule has 0 bridgehead atoms. The van der Waals surface area contributed by atoms with Crippen molar-refractivity contribution in [1.29, 1.82) is 0 Å². The van der Waals surface area contributed by atoms with Crippen molar-refractivity contribution >= 4 is 16.0 Å². The Balaban J connectivity index is 1.67. The lowest BCUT2D eigenvalue weighted by Gasteiger charge is -2.48. The monoisotopic (exact) mass is 423 g/mol. The molecule has 2 aromatic carbocycles. The predicted molar refractivity (Wildman–Crippen MR) is 110 cm³/mol. The van der Waals surface area contributed by atoms with Crippen molar-refractivity contribution in [2.75, 3.05) is 11.9 Å². The maximum atomic E-state index is 13.5. The van der Waals surface area contributed by atoms with Crippen molar-refractivity contribution in [2.24, 2.45) is 10.3 Å². The fourth-order valence-corrected chi connectivity index (χ4v) is 5.73. The van der Waals surface area contributed by atoms with E-state index in [1.165, 1.54) is 6.33 Å². The van der Waals surface area contributed by atoms with E-state index in [0.717, 1.165) is 15.5 Å². The van der Waals surface area contributed by atoms with E-state index in [-0.39, 0.29) is 10.9 Å². The normalized spacial score (nSPS) is 25.3. The van der Waals surface area contributed by atoms with Crippen molar-refractivity contribution < 1.29 is 8.42 Å². The zero-order valence-electron chi connectivity index (χ0n) is 16.8. The minimum atomic E-state index is -3.93. The lowest BCUT2D eigenvalue weighted by Crippen LogP contribution is -2.65. The summed E-state index contributed by atoms with van der Waals surface area (Å²) in [7, 11) is -2.14. The van der Waals surface area contributed by atoms with Crippen LogP contribution in [-0.2, 0) is 10.0 Å². The molecule has 3 atom stereocenters. The van der Waals surface area contributed by atoms with Gasteiger partial charge in [0.05, 0.1) is 4.90 Å². The van der Waals surface area contributed by atoms with Gasteiger partial charge in [-0.1, -0.05) is 53.3 Å². The number of sulfonamides is 1. The highest BCUT2D eigenvalue weighted by Gasteiger charge is 2.60. The van der Waals surface area contributed by atoms with E-state index >= 15 is 0 Å². The minimum Gasteiger partial charge on any atom is -0.317 e. The number of hydrogen-bond donors (Lipinski definition) is 0. The Labute approximate surface area is 174 Å². The Bertz CT molecular complexity index is 1220. The molecular formula is C20H21N7O2S. The van der Waals surface area contributed by atoms with Crippen LogP contribution in [0.4, 0.5) is 5.95 Å². The zero-order chi connectivity index (χ0) is 21.1. The van der Waals surface area contributed by atoms with Crippen LogP contribution < -0.4 is 4.90 Å². The number of likely N-dealkylation sites (N-methyl/N-ethyl adjacent to an activating group) is 1. The number of rotatable bonds is 3. The van der Waals surface area contributed by atoms with Gasteiger partial charge in [-0.2, -0.15) is 23.6 Å². The van der Waals surface area contributed by atoms with Gasteiger partial charge in [-0.25, -0.2) is 4.68 Å². The lowest BCUT2D eigenvalue weighted by molar-refractivity contribution is 0.168. The first-order chi connectivity index (χ1) is 14.3. The van der Waals surface area contributed by atoms with Gasteiger partial charge < -0.3 is 4.90 Å². The van der Waals surface area contributed by atoms with E-state index in [1.54, 1.807) is 40.9 Å².